The zero-order chi connectivity index (χ0) is 12.5. The Bertz CT molecular complexity index is 561. The molecule has 0 saturated heterocycles. The molecule has 0 unspecified atom stereocenters. The molecule has 0 saturated carbocycles. The molecule has 0 N–H and O–H groups in total. The van der Waals surface area contributed by atoms with Crippen molar-refractivity contribution in [2.75, 3.05) is 6.61 Å². The Morgan fingerprint density at radius 3 is 2.12 bits per heavy atom. The molecule has 2 aromatic rings. The molecule has 2 nitrogen and oxygen atoms in total. The first kappa shape index (κ1) is 8.99. The van der Waals surface area contributed by atoms with Crippen LogP contribution in [0.5, 0.6) is 0 Å². The zero-order valence-corrected chi connectivity index (χ0v) is 9.22. The molecule has 0 atom stereocenters. The van der Waals surface area contributed by atoms with Gasteiger partial charge in [-0.1, -0.05) is 48.5 Å². The molecule has 0 radical (unpaired) electrons. The number of rotatable bonds is 2. The Kier molecular flexibility index (Phi) is 2.15. The van der Waals surface area contributed by atoms with E-state index < -0.39 is 6.45 Å². The summed E-state index contributed by atoms with van der Waals surface area (Å²) in [6.07, 6.45) is -0.975. The highest BCUT2D eigenvalue weighted by Crippen LogP contribution is 2.44. The average Bonchev–Trinajstić information content (AvgIpc) is 2.71. The summed E-state index contributed by atoms with van der Waals surface area (Å²) >= 11 is 0. The molecule has 0 aliphatic heterocycles. The van der Waals surface area contributed by atoms with Crippen molar-refractivity contribution in [3.8, 4) is 11.1 Å². The summed E-state index contributed by atoms with van der Waals surface area (Å²) in [6, 6.07) is 16.3. The molecular weight excluding hydrogens is 212 g/mol. The van der Waals surface area contributed by atoms with Gasteiger partial charge in [-0.15, -0.1) is 0 Å². The first-order valence-electron chi connectivity index (χ1n) is 6.09. The van der Waals surface area contributed by atoms with E-state index in [1.54, 1.807) is 0 Å². The van der Waals surface area contributed by atoms with Gasteiger partial charge < -0.3 is 4.74 Å². The van der Waals surface area contributed by atoms with E-state index in [4.69, 9.17) is 6.11 Å². The normalized spacial score (nSPS) is 13.8. The molecule has 84 valence electrons. The summed E-state index contributed by atoms with van der Waals surface area (Å²) in [4.78, 5) is 10.7. The standard InChI is InChI=1S/C15H12O2/c16-10-17-9-15-13-7-3-1-5-11(13)12-6-2-4-8-14(12)15/h1-8,10,15H,9H2/i10D. The molecule has 0 bridgehead atoms. The second kappa shape index (κ2) is 4.06. The Morgan fingerprint density at radius 1 is 1.06 bits per heavy atom. The molecule has 0 spiro atoms. The number of fused-ring (bicyclic) bond motifs is 3. The summed E-state index contributed by atoms with van der Waals surface area (Å²) in [5.41, 5.74) is 4.72. The Hall–Kier alpha value is -2.09. The van der Waals surface area contributed by atoms with Gasteiger partial charge in [-0.25, -0.2) is 0 Å². The van der Waals surface area contributed by atoms with Crippen LogP contribution in [0.1, 0.15) is 18.4 Å². The molecule has 0 amide bonds. The molecule has 1 aliphatic rings. The van der Waals surface area contributed by atoms with Crippen LogP contribution in [-0.2, 0) is 9.53 Å². The molecule has 1 aliphatic carbocycles. The van der Waals surface area contributed by atoms with Crippen molar-refractivity contribution in [1.82, 2.24) is 0 Å². The predicted octanol–water partition coefficient (Wildman–Crippen LogP) is 2.97. The summed E-state index contributed by atoms with van der Waals surface area (Å²) in [6.45, 7) is 0.232. The van der Waals surface area contributed by atoms with E-state index in [0.717, 1.165) is 0 Å². The number of benzene rings is 2. The van der Waals surface area contributed by atoms with E-state index >= 15 is 0 Å². The Morgan fingerprint density at radius 2 is 1.59 bits per heavy atom. The molecule has 17 heavy (non-hydrogen) atoms. The van der Waals surface area contributed by atoms with E-state index in [2.05, 4.69) is 24.3 Å². The summed E-state index contributed by atoms with van der Waals surface area (Å²) in [5.74, 6) is 0.0479. The van der Waals surface area contributed by atoms with Crippen molar-refractivity contribution in [1.29, 1.82) is 0 Å². The van der Waals surface area contributed by atoms with Gasteiger partial charge in [-0.2, -0.15) is 0 Å². The minimum atomic E-state index is -0.975. The highest BCUT2D eigenvalue weighted by Gasteiger charge is 2.28. The van der Waals surface area contributed by atoms with Gasteiger partial charge in [0.2, 0.25) is 0 Å². The van der Waals surface area contributed by atoms with Gasteiger partial charge in [0.05, 0.1) is 0 Å². The van der Waals surface area contributed by atoms with E-state index in [1.807, 2.05) is 24.3 Å². The van der Waals surface area contributed by atoms with E-state index in [1.165, 1.54) is 22.3 Å². The Labute approximate surface area is 101 Å². The maximum Gasteiger partial charge on any atom is 0.293 e. The smallest absolute Gasteiger partial charge is 0.293 e. The lowest BCUT2D eigenvalue weighted by Gasteiger charge is -2.11. The van der Waals surface area contributed by atoms with Crippen molar-refractivity contribution < 1.29 is 10.9 Å². The highest BCUT2D eigenvalue weighted by molar-refractivity contribution is 5.78. The minimum absolute atomic E-state index is 0.0479. The van der Waals surface area contributed by atoms with Crippen LogP contribution < -0.4 is 0 Å². The molecule has 0 heterocycles. The van der Waals surface area contributed by atoms with E-state index in [-0.39, 0.29) is 12.5 Å². The summed E-state index contributed by atoms with van der Waals surface area (Å²) in [5, 5.41) is 0. The summed E-state index contributed by atoms with van der Waals surface area (Å²) < 4.78 is 11.7. The quantitative estimate of drug-likeness (QED) is 0.734. The van der Waals surface area contributed by atoms with Crippen LogP contribution >= 0.6 is 0 Å². The topological polar surface area (TPSA) is 26.3 Å². The molecule has 2 aromatic carbocycles. The second-order valence-electron chi connectivity index (χ2n) is 4.12. The lowest BCUT2D eigenvalue weighted by atomic mass is 9.98. The van der Waals surface area contributed by atoms with Crippen LogP contribution in [0.4, 0.5) is 0 Å². The molecule has 2 heteroatoms. The maximum atomic E-state index is 10.7. The van der Waals surface area contributed by atoms with Crippen LogP contribution in [0.2, 0.25) is 0 Å². The molecular formula is C15H12O2. The van der Waals surface area contributed by atoms with Gasteiger partial charge >= 0.3 is 0 Å². The largest absolute Gasteiger partial charge is 0.467 e. The minimum Gasteiger partial charge on any atom is -0.467 e. The van der Waals surface area contributed by atoms with Gasteiger partial charge in [0, 0.05) is 5.92 Å². The molecule has 0 fully saturated rings. The third-order valence-electron chi connectivity index (χ3n) is 3.27. The number of ether oxygens (including phenoxy) is 1. The van der Waals surface area contributed by atoms with Gasteiger partial charge in [0.25, 0.3) is 6.45 Å². The van der Waals surface area contributed by atoms with Crippen LogP contribution in [0.25, 0.3) is 11.1 Å². The molecule has 0 aromatic heterocycles. The fourth-order valence-electron chi connectivity index (χ4n) is 2.56. The van der Waals surface area contributed by atoms with Crippen LogP contribution in [0.15, 0.2) is 48.5 Å². The maximum absolute atomic E-state index is 10.7. The lowest BCUT2D eigenvalue weighted by molar-refractivity contribution is -0.128. The predicted molar refractivity (Wildman–Crippen MR) is 65.7 cm³/mol. The Balaban J connectivity index is 2.06. The van der Waals surface area contributed by atoms with Crippen molar-refractivity contribution in [3.63, 3.8) is 0 Å². The third kappa shape index (κ3) is 1.53. The van der Waals surface area contributed by atoms with Crippen LogP contribution in [0, 0.1) is 0 Å². The van der Waals surface area contributed by atoms with Crippen molar-refractivity contribution in [2.24, 2.45) is 0 Å². The number of carbonyl (C=O) groups is 1. The van der Waals surface area contributed by atoms with Crippen molar-refractivity contribution in [3.05, 3.63) is 59.7 Å². The zero-order valence-electron chi connectivity index (χ0n) is 10.2. The van der Waals surface area contributed by atoms with Gasteiger partial charge in [-0.05, 0) is 22.3 Å². The van der Waals surface area contributed by atoms with Gasteiger partial charge in [0.15, 0.2) is 1.37 Å². The monoisotopic (exact) mass is 225 g/mol. The van der Waals surface area contributed by atoms with Crippen molar-refractivity contribution >= 4 is 6.45 Å². The van der Waals surface area contributed by atoms with Crippen LogP contribution in [0.3, 0.4) is 0 Å². The van der Waals surface area contributed by atoms with E-state index in [9.17, 15) is 4.79 Å². The second-order valence-corrected chi connectivity index (χ2v) is 4.12. The summed E-state index contributed by atoms with van der Waals surface area (Å²) in [7, 11) is 0. The average molecular weight is 225 g/mol. The fourth-order valence-corrected chi connectivity index (χ4v) is 2.56. The third-order valence-corrected chi connectivity index (χ3v) is 3.27. The SMILES string of the molecule is [2H]C(=O)OCC1c2ccccc2-c2ccccc21. The fraction of sp³-hybridized carbons (Fsp3) is 0.133. The van der Waals surface area contributed by atoms with Crippen LogP contribution in [-0.4, -0.2) is 13.1 Å². The first-order valence-corrected chi connectivity index (χ1v) is 5.59. The lowest BCUT2D eigenvalue weighted by Crippen LogP contribution is -2.05. The number of carbonyl (C=O) groups excluding carboxylic acids is 1. The van der Waals surface area contributed by atoms with Crippen molar-refractivity contribution in [2.45, 2.75) is 5.92 Å². The number of hydrogen-bond acceptors (Lipinski definition) is 2. The number of hydrogen-bond donors (Lipinski definition) is 0. The van der Waals surface area contributed by atoms with Gasteiger partial charge in [-0.3, -0.25) is 4.79 Å². The first-order chi connectivity index (χ1) is 8.77. The highest BCUT2D eigenvalue weighted by atomic mass is 16.5. The van der Waals surface area contributed by atoms with E-state index in [0.29, 0.717) is 0 Å². The molecule has 3 rings (SSSR count). The van der Waals surface area contributed by atoms with Gasteiger partial charge in [0.1, 0.15) is 6.61 Å².